The molecule has 0 amide bonds. The molecule has 2 saturated heterocycles. The molecule has 0 radical (unpaired) electrons. The Morgan fingerprint density at radius 1 is 1.88 bits per heavy atom. The van der Waals surface area contributed by atoms with Gasteiger partial charge in [-0.15, -0.1) is 0 Å². The molecule has 0 bridgehead atoms. The van der Waals surface area contributed by atoms with Gasteiger partial charge in [-0.25, -0.2) is 0 Å². The Kier molecular flexibility index (Phi) is 0.756. The van der Waals surface area contributed by atoms with Crippen LogP contribution in [0.2, 0.25) is 0 Å². The van der Waals surface area contributed by atoms with Crippen molar-refractivity contribution in [2.24, 2.45) is 0 Å². The van der Waals surface area contributed by atoms with Crippen molar-refractivity contribution < 1.29 is 4.74 Å². The summed E-state index contributed by atoms with van der Waals surface area (Å²) in [4.78, 5) is 0. The van der Waals surface area contributed by atoms with Gasteiger partial charge in [0.25, 0.3) is 0 Å². The number of rotatable bonds is 1. The number of halogens is 1. The summed E-state index contributed by atoms with van der Waals surface area (Å²) in [5.74, 6) is 0. The Hall–Kier alpha value is 0.210. The van der Waals surface area contributed by atoms with Gasteiger partial charge < -0.3 is 10.1 Å². The molecule has 8 heavy (non-hydrogen) atoms. The number of epoxide rings is 1. The van der Waals surface area contributed by atoms with E-state index in [1.807, 2.05) is 6.92 Å². The predicted octanol–water partition coefficient (Wildman–Crippen LogP) is 0.312. The van der Waals surface area contributed by atoms with Gasteiger partial charge in [0, 0.05) is 6.54 Å². The summed E-state index contributed by atoms with van der Waals surface area (Å²) in [5.41, 5.74) is 0. The quantitative estimate of drug-likeness (QED) is 0.413. The molecule has 46 valence electrons. The van der Waals surface area contributed by atoms with Crippen molar-refractivity contribution in [1.29, 1.82) is 0 Å². The molecule has 3 atom stereocenters. The third-order valence-corrected chi connectivity index (χ3v) is 2.40. The van der Waals surface area contributed by atoms with Crippen molar-refractivity contribution in [1.82, 2.24) is 5.32 Å². The predicted molar refractivity (Wildman–Crippen MR) is 30.9 cm³/mol. The highest BCUT2D eigenvalue weighted by Gasteiger charge is 2.61. The molecule has 0 saturated carbocycles. The molecule has 0 aromatic rings. The molecule has 3 heteroatoms. The van der Waals surface area contributed by atoms with Crippen LogP contribution in [0.5, 0.6) is 0 Å². The van der Waals surface area contributed by atoms with E-state index in [2.05, 4.69) is 5.32 Å². The van der Waals surface area contributed by atoms with Crippen LogP contribution in [-0.4, -0.2) is 23.8 Å². The van der Waals surface area contributed by atoms with E-state index in [0.717, 1.165) is 6.54 Å². The maximum absolute atomic E-state index is 5.91. The lowest BCUT2D eigenvalue weighted by molar-refractivity contribution is 0.354. The molecule has 2 aliphatic heterocycles. The molecule has 0 aromatic heterocycles. The third kappa shape index (κ3) is 0.508. The zero-order valence-corrected chi connectivity index (χ0v) is 5.40. The van der Waals surface area contributed by atoms with E-state index >= 15 is 0 Å². The summed E-state index contributed by atoms with van der Waals surface area (Å²) in [6, 6.07) is 0.430. The normalized spacial score (nSPS) is 60.8. The zero-order chi connectivity index (χ0) is 5.78. The van der Waals surface area contributed by atoms with E-state index in [9.17, 15) is 0 Å². The van der Waals surface area contributed by atoms with Gasteiger partial charge >= 0.3 is 0 Å². The maximum atomic E-state index is 5.91. The van der Waals surface area contributed by atoms with Gasteiger partial charge in [-0.1, -0.05) is 11.6 Å². The molecule has 2 fully saturated rings. The Bertz CT molecular complexity index is 126. The molecule has 1 N–H and O–H groups in total. The second-order valence-electron chi connectivity index (χ2n) is 2.42. The fraction of sp³-hybridized carbons (Fsp3) is 1.00. The Morgan fingerprint density at radius 2 is 2.38 bits per heavy atom. The minimum atomic E-state index is -0.319. The van der Waals surface area contributed by atoms with Crippen LogP contribution in [0, 0.1) is 0 Å². The molecular formula is C5H8ClNO. The Balaban J connectivity index is 2.04. The van der Waals surface area contributed by atoms with Crippen LogP contribution in [0.1, 0.15) is 6.92 Å². The van der Waals surface area contributed by atoms with Crippen molar-refractivity contribution in [2.45, 2.75) is 24.1 Å². The Labute approximate surface area is 53.2 Å². The van der Waals surface area contributed by atoms with Crippen molar-refractivity contribution in [3.63, 3.8) is 0 Å². The van der Waals surface area contributed by atoms with Crippen LogP contribution < -0.4 is 5.32 Å². The van der Waals surface area contributed by atoms with E-state index in [1.54, 1.807) is 0 Å². The highest BCUT2D eigenvalue weighted by Crippen LogP contribution is 2.46. The standard InChI is InChI=1S/C5H8ClNO/c1-3-5(6,8-3)4-2-7-4/h3-4,7H,2H2,1H3. The van der Waals surface area contributed by atoms with Gasteiger partial charge in [0.15, 0.2) is 5.06 Å². The second kappa shape index (κ2) is 1.20. The number of alkyl halides is 1. The molecule has 2 heterocycles. The highest BCUT2D eigenvalue weighted by molar-refractivity contribution is 6.25. The molecule has 2 nitrogen and oxygen atoms in total. The van der Waals surface area contributed by atoms with Crippen LogP contribution in [0.25, 0.3) is 0 Å². The maximum Gasteiger partial charge on any atom is 0.184 e. The summed E-state index contributed by atoms with van der Waals surface area (Å²) in [5, 5.41) is 2.79. The van der Waals surface area contributed by atoms with Crippen LogP contribution >= 0.6 is 11.6 Å². The van der Waals surface area contributed by atoms with Gasteiger partial charge in [-0.2, -0.15) is 0 Å². The lowest BCUT2D eigenvalue weighted by Crippen LogP contribution is -2.15. The molecule has 3 unspecified atom stereocenters. The second-order valence-corrected chi connectivity index (χ2v) is 3.01. The molecule has 0 aromatic carbocycles. The lowest BCUT2D eigenvalue weighted by Gasteiger charge is -1.93. The third-order valence-electron chi connectivity index (χ3n) is 1.74. The largest absolute Gasteiger partial charge is 0.348 e. The van der Waals surface area contributed by atoms with Crippen molar-refractivity contribution in [3.8, 4) is 0 Å². The molecule has 0 aliphatic carbocycles. The van der Waals surface area contributed by atoms with Gasteiger partial charge in [0.2, 0.25) is 0 Å². The fourth-order valence-electron chi connectivity index (χ4n) is 0.940. The number of hydrogen-bond donors (Lipinski definition) is 1. The van der Waals surface area contributed by atoms with E-state index in [0.29, 0.717) is 6.04 Å². The average Bonchev–Trinajstić information content (AvgIpc) is 2.44. The first-order valence-electron chi connectivity index (χ1n) is 2.83. The molecular weight excluding hydrogens is 126 g/mol. The highest BCUT2D eigenvalue weighted by atomic mass is 35.5. The summed E-state index contributed by atoms with van der Waals surface area (Å²) in [6.07, 6.45) is 0.254. The first-order valence-corrected chi connectivity index (χ1v) is 3.21. The topological polar surface area (TPSA) is 34.5 Å². The average molecular weight is 134 g/mol. The summed E-state index contributed by atoms with van der Waals surface area (Å²) in [7, 11) is 0. The summed E-state index contributed by atoms with van der Waals surface area (Å²) in [6.45, 7) is 3.01. The van der Waals surface area contributed by atoms with Crippen LogP contribution in [0.4, 0.5) is 0 Å². The van der Waals surface area contributed by atoms with E-state index < -0.39 is 0 Å². The first-order chi connectivity index (χ1) is 3.73. The van der Waals surface area contributed by atoms with Gasteiger partial charge in [0.05, 0.1) is 6.04 Å². The van der Waals surface area contributed by atoms with Gasteiger partial charge in [0.1, 0.15) is 6.10 Å². The number of hydrogen-bond acceptors (Lipinski definition) is 2. The van der Waals surface area contributed by atoms with Crippen LogP contribution in [0.15, 0.2) is 0 Å². The van der Waals surface area contributed by atoms with E-state index in [-0.39, 0.29) is 11.2 Å². The molecule has 0 spiro atoms. The van der Waals surface area contributed by atoms with Gasteiger partial charge in [-0.3, -0.25) is 0 Å². The van der Waals surface area contributed by atoms with E-state index in [1.165, 1.54) is 0 Å². The number of ether oxygens (including phenoxy) is 1. The van der Waals surface area contributed by atoms with Gasteiger partial charge in [-0.05, 0) is 6.92 Å². The molecule has 2 rings (SSSR count). The van der Waals surface area contributed by atoms with Crippen LogP contribution in [-0.2, 0) is 4.74 Å². The monoisotopic (exact) mass is 133 g/mol. The van der Waals surface area contributed by atoms with E-state index in [4.69, 9.17) is 16.3 Å². The minimum Gasteiger partial charge on any atom is -0.348 e. The lowest BCUT2D eigenvalue weighted by atomic mass is 10.2. The summed E-state index contributed by atoms with van der Waals surface area (Å²) < 4.78 is 5.13. The zero-order valence-electron chi connectivity index (χ0n) is 4.65. The van der Waals surface area contributed by atoms with Crippen LogP contribution in [0.3, 0.4) is 0 Å². The Morgan fingerprint density at radius 3 is 2.50 bits per heavy atom. The summed E-state index contributed by atoms with van der Waals surface area (Å²) >= 11 is 5.91. The van der Waals surface area contributed by atoms with Crippen molar-refractivity contribution in [2.75, 3.05) is 6.54 Å². The smallest absolute Gasteiger partial charge is 0.184 e. The number of nitrogens with one attached hydrogen (secondary N) is 1. The van der Waals surface area contributed by atoms with Crippen molar-refractivity contribution in [3.05, 3.63) is 0 Å². The SMILES string of the molecule is CC1OC1(Cl)C1CN1. The van der Waals surface area contributed by atoms with Crippen molar-refractivity contribution >= 4 is 11.6 Å². The first kappa shape index (κ1) is 5.03. The fourth-order valence-corrected chi connectivity index (χ4v) is 1.23. The minimum absolute atomic E-state index is 0.254. The molecule has 2 aliphatic rings.